The predicted octanol–water partition coefficient (Wildman–Crippen LogP) is 0.938. The Kier molecular flexibility index (Phi) is 6.52. The maximum absolute atomic E-state index is 5.90. The van der Waals surface area contributed by atoms with Crippen LogP contribution in [0, 0.1) is 12.3 Å². The number of hydrogen-bond donors (Lipinski definition) is 2. The second-order valence-electron chi connectivity index (χ2n) is 4.92. The van der Waals surface area contributed by atoms with Crippen LogP contribution in [0.2, 0.25) is 0 Å². The number of nitrogens with zero attached hydrogens (tertiary/aromatic N) is 2. The first kappa shape index (κ1) is 16.1. The van der Waals surface area contributed by atoms with Crippen molar-refractivity contribution in [3.63, 3.8) is 0 Å². The van der Waals surface area contributed by atoms with E-state index in [2.05, 4.69) is 26.5 Å². The molecule has 2 rings (SSSR count). The van der Waals surface area contributed by atoms with Gasteiger partial charge < -0.3 is 20.1 Å². The summed E-state index contributed by atoms with van der Waals surface area (Å²) in [4.78, 5) is 8.36. The van der Waals surface area contributed by atoms with Gasteiger partial charge in [0.2, 0.25) is 5.88 Å². The molecule has 1 fully saturated rings. The lowest BCUT2D eigenvalue weighted by molar-refractivity contribution is 0.0237. The first-order valence-electron chi connectivity index (χ1n) is 7.39. The standard InChI is InChI=1S/C16H22N4O2/c1-3-7-19-16(17-2)20-12-13-4-8-18-15(11-13)22-14-5-9-21-10-6-14/h1,4,8,11,14H,5-7,9-10,12H2,2H3,(H2,17,19,20). The van der Waals surface area contributed by atoms with Gasteiger partial charge in [0.25, 0.3) is 0 Å². The third kappa shape index (κ3) is 5.26. The molecule has 1 aromatic rings. The third-order valence-corrected chi connectivity index (χ3v) is 3.30. The lowest BCUT2D eigenvalue weighted by atomic mass is 10.1. The lowest BCUT2D eigenvalue weighted by Crippen LogP contribution is -2.36. The summed E-state index contributed by atoms with van der Waals surface area (Å²) < 4.78 is 11.2. The van der Waals surface area contributed by atoms with E-state index in [9.17, 15) is 0 Å². The summed E-state index contributed by atoms with van der Waals surface area (Å²) in [6, 6.07) is 3.88. The predicted molar refractivity (Wildman–Crippen MR) is 85.7 cm³/mol. The van der Waals surface area contributed by atoms with Crippen LogP contribution in [0.25, 0.3) is 0 Å². The van der Waals surface area contributed by atoms with Gasteiger partial charge in [-0.05, 0) is 11.6 Å². The van der Waals surface area contributed by atoms with Crippen molar-refractivity contribution in [1.82, 2.24) is 15.6 Å². The van der Waals surface area contributed by atoms with Crippen molar-refractivity contribution in [2.75, 3.05) is 26.8 Å². The zero-order chi connectivity index (χ0) is 15.6. The minimum Gasteiger partial charge on any atom is -0.474 e. The molecule has 2 N–H and O–H groups in total. The monoisotopic (exact) mass is 302 g/mol. The molecule has 0 amide bonds. The van der Waals surface area contributed by atoms with Gasteiger partial charge in [-0.1, -0.05) is 5.92 Å². The van der Waals surface area contributed by atoms with Gasteiger partial charge in [0, 0.05) is 38.7 Å². The molecule has 1 saturated heterocycles. The Bertz CT molecular complexity index is 533. The fraction of sp³-hybridized carbons (Fsp3) is 0.500. The van der Waals surface area contributed by atoms with E-state index in [0.29, 0.717) is 24.9 Å². The number of terminal acetylenes is 1. The number of pyridine rings is 1. The van der Waals surface area contributed by atoms with Gasteiger partial charge in [-0.15, -0.1) is 6.42 Å². The Labute approximate surface area is 131 Å². The zero-order valence-electron chi connectivity index (χ0n) is 12.8. The summed E-state index contributed by atoms with van der Waals surface area (Å²) in [5.74, 6) is 3.83. The van der Waals surface area contributed by atoms with Gasteiger partial charge in [-0.3, -0.25) is 4.99 Å². The summed E-state index contributed by atoms with van der Waals surface area (Å²) in [5, 5.41) is 6.20. The average molecular weight is 302 g/mol. The van der Waals surface area contributed by atoms with E-state index in [4.69, 9.17) is 15.9 Å². The summed E-state index contributed by atoms with van der Waals surface area (Å²) in [6.45, 7) is 2.57. The third-order valence-electron chi connectivity index (χ3n) is 3.30. The highest BCUT2D eigenvalue weighted by molar-refractivity contribution is 5.79. The van der Waals surface area contributed by atoms with E-state index in [1.54, 1.807) is 13.2 Å². The van der Waals surface area contributed by atoms with E-state index < -0.39 is 0 Å². The summed E-state index contributed by atoms with van der Waals surface area (Å²) >= 11 is 0. The molecule has 0 saturated carbocycles. The highest BCUT2D eigenvalue weighted by atomic mass is 16.5. The topological polar surface area (TPSA) is 67.8 Å². The number of nitrogens with one attached hydrogen (secondary N) is 2. The van der Waals surface area contributed by atoms with Crippen LogP contribution in [0.1, 0.15) is 18.4 Å². The molecule has 0 bridgehead atoms. The Morgan fingerprint density at radius 2 is 2.32 bits per heavy atom. The van der Waals surface area contributed by atoms with Crippen molar-refractivity contribution in [2.45, 2.75) is 25.5 Å². The zero-order valence-corrected chi connectivity index (χ0v) is 12.8. The van der Waals surface area contributed by atoms with Gasteiger partial charge in [0.1, 0.15) is 6.10 Å². The molecule has 0 aromatic carbocycles. The number of rotatable bonds is 5. The Balaban J connectivity index is 1.86. The molecule has 0 aliphatic carbocycles. The van der Waals surface area contributed by atoms with Gasteiger partial charge in [-0.25, -0.2) is 4.98 Å². The van der Waals surface area contributed by atoms with Gasteiger partial charge in [0.05, 0.1) is 19.8 Å². The molecule has 1 aliphatic heterocycles. The quantitative estimate of drug-likeness (QED) is 0.481. The van der Waals surface area contributed by atoms with Crippen LogP contribution >= 0.6 is 0 Å². The Hall–Kier alpha value is -2.26. The number of aliphatic imine (C=N–C) groups is 1. The van der Waals surface area contributed by atoms with Crippen LogP contribution in [-0.2, 0) is 11.3 Å². The Morgan fingerprint density at radius 3 is 3.05 bits per heavy atom. The smallest absolute Gasteiger partial charge is 0.213 e. The molecule has 0 radical (unpaired) electrons. The summed E-state index contributed by atoms with van der Waals surface area (Å²) in [5.41, 5.74) is 1.07. The maximum Gasteiger partial charge on any atom is 0.213 e. The molecule has 1 aromatic heterocycles. The Morgan fingerprint density at radius 1 is 1.50 bits per heavy atom. The molecule has 0 spiro atoms. The van der Waals surface area contributed by atoms with Crippen molar-refractivity contribution in [2.24, 2.45) is 4.99 Å². The minimum atomic E-state index is 0.189. The molecule has 6 heteroatoms. The van der Waals surface area contributed by atoms with Crippen LogP contribution in [0.5, 0.6) is 5.88 Å². The minimum absolute atomic E-state index is 0.189. The molecule has 6 nitrogen and oxygen atoms in total. The van der Waals surface area contributed by atoms with Crippen LogP contribution in [-0.4, -0.2) is 43.9 Å². The lowest BCUT2D eigenvalue weighted by Gasteiger charge is -2.22. The van der Waals surface area contributed by atoms with Gasteiger partial charge in [-0.2, -0.15) is 0 Å². The van der Waals surface area contributed by atoms with Crippen molar-refractivity contribution >= 4 is 5.96 Å². The normalized spacial score (nSPS) is 15.9. The van der Waals surface area contributed by atoms with E-state index in [1.807, 2.05) is 12.1 Å². The molecule has 118 valence electrons. The van der Waals surface area contributed by atoms with Gasteiger partial charge in [0.15, 0.2) is 5.96 Å². The van der Waals surface area contributed by atoms with Crippen molar-refractivity contribution in [3.05, 3.63) is 23.9 Å². The van der Waals surface area contributed by atoms with E-state index in [1.165, 1.54) is 0 Å². The molecular formula is C16H22N4O2. The van der Waals surface area contributed by atoms with E-state index in [-0.39, 0.29) is 6.10 Å². The van der Waals surface area contributed by atoms with Crippen molar-refractivity contribution in [3.8, 4) is 18.2 Å². The summed E-state index contributed by atoms with van der Waals surface area (Å²) in [6.07, 6.45) is 8.98. The fourth-order valence-electron chi connectivity index (χ4n) is 2.13. The van der Waals surface area contributed by atoms with Crippen LogP contribution < -0.4 is 15.4 Å². The number of guanidine groups is 1. The molecule has 0 unspecified atom stereocenters. The maximum atomic E-state index is 5.90. The first-order valence-corrected chi connectivity index (χ1v) is 7.39. The molecule has 0 atom stereocenters. The fourth-order valence-corrected chi connectivity index (χ4v) is 2.13. The molecule has 2 heterocycles. The molecule has 22 heavy (non-hydrogen) atoms. The number of aromatic nitrogens is 1. The second-order valence-corrected chi connectivity index (χ2v) is 4.92. The largest absolute Gasteiger partial charge is 0.474 e. The number of ether oxygens (including phenoxy) is 2. The van der Waals surface area contributed by atoms with E-state index >= 15 is 0 Å². The SMILES string of the molecule is C#CCNC(=NC)NCc1ccnc(OC2CCOCC2)c1. The highest BCUT2D eigenvalue weighted by Gasteiger charge is 2.15. The number of hydrogen-bond acceptors (Lipinski definition) is 4. The summed E-state index contributed by atoms with van der Waals surface area (Å²) in [7, 11) is 1.71. The van der Waals surface area contributed by atoms with E-state index in [0.717, 1.165) is 31.6 Å². The average Bonchev–Trinajstić information content (AvgIpc) is 2.56. The van der Waals surface area contributed by atoms with Crippen molar-refractivity contribution < 1.29 is 9.47 Å². The van der Waals surface area contributed by atoms with Crippen LogP contribution in [0.3, 0.4) is 0 Å². The van der Waals surface area contributed by atoms with Gasteiger partial charge >= 0.3 is 0 Å². The highest BCUT2D eigenvalue weighted by Crippen LogP contribution is 2.16. The molecule has 1 aliphatic rings. The van der Waals surface area contributed by atoms with Crippen LogP contribution in [0.15, 0.2) is 23.3 Å². The van der Waals surface area contributed by atoms with Crippen LogP contribution in [0.4, 0.5) is 0 Å². The first-order chi connectivity index (χ1) is 10.8. The second kappa shape index (κ2) is 8.90. The molecular weight excluding hydrogens is 280 g/mol. The van der Waals surface area contributed by atoms with Crippen molar-refractivity contribution in [1.29, 1.82) is 0 Å².